The molecule has 3 rings (SSSR count). The number of aliphatic imine (C=N–C) groups is 1. The maximum atomic E-state index is 13.5. The molecule has 0 bridgehead atoms. The molecule has 0 unspecified atom stereocenters. The smallest absolute Gasteiger partial charge is 0.355 e. The minimum absolute atomic E-state index is 0.213. The minimum Gasteiger partial charge on any atom is -0.464 e. The zero-order chi connectivity index (χ0) is 26.8. The highest BCUT2D eigenvalue weighted by Gasteiger charge is 2.28. The molecule has 0 spiro atoms. The monoisotopic (exact) mass is 499 g/mol. The summed E-state index contributed by atoms with van der Waals surface area (Å²) in [6, 6.07) is 9.70. The zero-order valence-electron chi connectivity index (χ0n) is 22.0. The Bertz CT molecular complexity index is 1140. The Morgan fingerprint density at radius 1 is 0.972 bits per heavy atom. The highest BCUT2D eigenvalue weighted by atomic mass is 19.1. The summed E-state index contributed by atoms with van der Waals surface area (Å²) in [7, 11) is 13.8. The number of hydrogen-bond donors (Lipinski definition) is 0. The van der Waals surface area contributed by atoms with Crippen LogP contribution in [0.3, 0.4) is 0 Å². The molecule has 0 aliphatic heterocycles. The molecule has 2 aromatic heterocycles. The SMILES string of the molecule is COC(=O)c1c(-c2ccc(F)cc2)c(-c2ccncc2)c(N=CN(C)C)n1C.COC(OC)N(C)C. The van der Waals surface area contributed by atoms with Gasteiger partial charge in [-0.05, 0) is 49.5 Å². The number of benzene rings is 1. The molecule has 0 saturated carbocycles. The molecule has 36 heavy (non-hydrogen) atoms. The number of halogens is 1. The highest BCUT2D eigenvalue weighted by Crippen LogP contribution is 2.44. The van der Waals surface area contributed by atoms with Gasteiger partial charge in [0.15, 0.2) is 0 Å². The topological polar surface area (TPSA) is 81.4 Å². The molecular formula is C26H34FN5O4. The summed E-state index contributed by atoms with van der Waals surface area (Å²) in [6.07, 6.45) is 4.80. The van der Waals surface area contributed by atoms with E-state index in [2.05, 4.69) is 9.98 Å². The molecule has 3 aromatic rings. The van der Waals surface area contributed by atoms with Crippen molar-refractivity contribution in [3.63, 3.8) is 0 Å². The largest absolute Gasteiger partial charge is 0.464 e. The van der Waals surface area contributed by atoms with Gasteiger partial charge in [0.2, 0.25) is 6.41 Å². The van der Waals surface area contributed by atoms with Crippen LogP contribution in [0.2, 0.25) is 0 Å². The van der Waals surface area contributed by atoms with Gasteiger partial charge in [0.25, 0.3) is 0 Å². The third kappa shape index (κ3) is 6.97. The van der Waals surface area contributed by atoms with E-state index in [9.17, 15) is 9.18 Å². The summed E-state index contributed by atoms with van der Waals surface area (Å²) in [5.41, 5.74) is 3.25. The number of ether oxygens (including phenoxy) is 3. The molecule has 0 saturated heterocycles. The van der Waals surface area contributed by atoms with E-state index in [0.717, 1.165) is 11.1 Å². The van der Waals surface area contributed by atoms with Crippen molar-refractivity contribution in [2.45, 2.75) is 6.41 Å². The summed E-state index contributed by atoms with van der Waals surface area (Å²) in [6.45, 7) is 0. The van der Waals surface area contributed by atoms with Crippen molar-refractivity contribution in [2.24, 2.45) is 12.0 Å². The number of hydrogen-bond acceptors (Lipinski definition) is 7. The van der Waals surface area contributed by atoms with E-state index in [1.54, 1.807) is 61.6 Å². The summed E-state index contributed by atoms with van der Waals surface area (Å²) < 4.78 is 30.0. The Labute approximate surface area is 211 Å². The first-order valence-corrected chi connectivity index (χ1v) is 11.1. The van der Waals surface area contributed by atoms with Crippen LogP contribution >= 0.6 is 0 Å². The molecule has 0 N–H and O–H groups in total. The summed E-state index contributed by atoms with van der Waals surface area (Å²) in [4.78, 5) is 24.9. The maximum absolute atomic E-state index is 13.5. The third-order valence-electron chi connectivity index (χ3n) is 5.08. The van der Waals surface area contributed by atoms with E-state index >= 15 is 0 Å². The van der Waals surface area contributed by atoms with Crippen molar-refractivity contribution in [3.8, 4) is 22.3 Å². The van der Waals surface area contributed by atoms with Crippen molar-refractivity contribution >= 4 is 18.1 Å². The van der Waals surface area contributed by atoms with Gasteiger partial charge in [0.1, 0.15) is 17.3 Å². The van der Waals surface area contributed by atoms with E-state index < -0.39 is 5.97 Å². The number of pyridine rings is 1. The van der Waals surface area contributed by atoms with Gasteiger partial charge in [-0.2, -0.15) is 0 Å². The first kappa shape index (κ1) is 28.6. The second-order valence-electron chi connectivity index (χ2n) is 8.17. The lowest BCUT2D eigenvalue weighted by Gasteiger charge is -2.19. The Kier molecular flexibility index (Phi) is 10.7. The number of rotatable bonds is 8. The second-order valence-corrected chi connectivity index (χ2v) is 8.17. The average Bonchev–Trinajstić information content (AvgIpc) is 3.16. The molecule has 10 heteroatoms. The van der Waals surface area contributed by atoms with Crippen LogP contribution in [0.1, 0.15) is 10.5 Å². The van der Waals surface area contributed by atoms with E-state index in [1.807, 2.05) is 45.2 Å². The van der Waals surface area contributed by atoms with Gasteiger partial charge in [0, 0.05) is 58.9 Å². The normalized spacial score (nSPS) is 11.1. The lowest BCUT2D eigenvalue weighted by molar-refractivity contribution is -0.179. The number of carbonyl (C=O) groups is 1. The minimum atomic E-state index is -0.497. The molecular weight excluding hydrogens is 465 g/mol. The summed E-state index contributed by atoms with van der Waals surface area (Å²) in [5, 5.41) is 0. The first-order chi connectivity index (χ1) is 17.2. The quantitative estimate of drug-likeness (QED) is 0.200. The lowest BCUT2D eigenvalue weighted by atomic mass is 9.96. The van der Waals surface area contributed by atoms with E-state index in [1.165, 1.54) is 19.2 Å². The van der Waals surface area contributed by atoms with Crippen LogP contribution in [-0.2, 0) is 21.3 Å². The number of esters is 1. The Balaban J connectivity index is 0.000000493. The van der Waals surface area contributed by atoms with E-state index in [4.69, 9.17) is 14.2 Å². The van der Waals surface area contributed by atoms with Gasteiger partial charge in [-0.25, -0.2) is 14.2 Å². The molecule has 0 radical (unpaired) electrons. The predicted molar refractivity (Wildman–Crippen MR) is 139 cm³/mol. The van der Waals surface area contributed by atoms with E-state index in [-0.39, 0.29) is 12.2 Å². The van der Waals surface area contributed by atoms with Crippen molar-refractivity contribution in [1.82, 2.24) is 19.4 Å². The van der Waals surface area contributed by atoms with Crippen LogP contribution in [-0.4, -0.2) is 87.6 Å². The molecule has 0 aliphatic carbocycles. The highest BCUT2D eigenvalue weighted by molar-refractivity contribution is 6.05. The zero-order valence-corrected chi connectivity index (χ0v) is 22.0. The van der Waals surface area contributed by atoms with Gasteiger partial charge < -0.3 is 23.7 Å². The molecule has 194 valence electrons. The molecule has 0 fully saturated rings. The van der Waals surface area contributed by atoms with Crippen LogP contribution < -0.4 is 0 Å². The van der Waals surface area contributed by atoms with Crippen molar-refractivity contribution < 1.29 is 23.4 Å². The molecule has 2 heterocycles. The van der Waals surface area contributed by atoms with Crippen LogP contribution in [0.15, 0.2) is 53.8 Å². The van der Waals surface area contributed by atoms with Crippen LogP contribution in [0.25, 0.3) is 22.3 Å². The van der Waals surface area contributed by atoms with E-state index in [0.29, 0.717) is 22.6 Å². The Hall–Kier alpha value is -3.60. The molecule has 0 amide bonds. The maximum Gasteiger partial charge on any atom is 0.355 e. The summed E-state index contributed by atoms with van der Waals surface area (Å²) >= 11 is 0. The fourth-order valence-electron chi connectivity index (χ4n) is 3.54. The average molecular weight is 500 g/mol. The van der Waals surface area contributed by atoms with Gasteiger partial charge in [-0.1, -0.05) is 12.1 Å². The number of nitrogens with zero attached hydrogens (tertiary/aromatic N) is 5. The number of aromatic nitrogens is 2. The Morgan fingerprint density at radius 3 is 1.97 bits per heavy atom. The van der Waals surface area contributed by atoms with Gasteiger partial charge in [-0.3, -0.25) is 9.88 Å². The number of carbonyl (C=O) groups excluding carboxylic acids is 1. The van der Waals surface area contributed by atoms with Crippen molar-refractivity contribution in [3.05, 3.63) is 60.3 Å². The first-order valence-electron chi connectivity index (χ1n) is 11.1. The van der Waals surface area contributed by atoms with Gasteiger partial charge >= 0.3 is 5.97 Å². The number of methoxy groups -OCH3 is 3. The van der Waals surface area contributed by atoms with Crippen molar-refractivity contribution in [1.29, 1.82) is 0 Å². The van der Waals surface area contributed by atoms with Gasteiger partial charge in [-0.15, -0.1) is 0 Å². The van der Waals surface area contributed by atoms with Crippen LogP contribution in [0.4, 0.5) is 10.2 Å². The fraction of sp³-hybridized carbons (Fsp3) is 0.346. The predicted octanol–water partition coefficient (Wildman–Crippen LogP) is 4.03. The molecule has 1 aromatic carbocycles. The Morgan fingerprint density at radius 2 is 1.53 bits per heavy atom. The molecule has 0 aliphatic rings. The van der Waals surface area contributed by atoms with Crippen LogP contribution in [0, 0.1) is 5.82 Å². The lowest BCUT2D eigenvalue weighted by Crippen LogP contribution is -2.30. The summed E-state index contributed by atoms with van der Waals surface area (Å²) in [5.74, 6) is -0.265. The standard InChI is InChI=1S/C21H21FN4O2.C5H13NO2/c1-25(2)13-24-20-18(15-9-11-23-12-10-15)17(14-5-7-16(22)8-6-14)19(26(20)3)21(27)28-4;1-6(2)5(7-3)8-4/h5-13H,1-4H3;5H,1-4H3. The fourth-order valence-corrected chi connectivity index (χ4v) is 3.54. The molecule has 9 nitrogen and oxygen atoms in total. The van der Waals surface area contributed by atoms with Crippen molar-refractivity contribution in [2.75, 3.05) is 49.5 Å². The second kappa shape index (κ2) is 13.5. The van der Waals surface area contributed by atoms with Gasteiger partial charge in [0.05, 0.1) is 13.4 Å². The molecule has 0 atom stereocenters. The van der Waals surface area contributed by atoms with Crippen LogP contribution in [0.5, 0.6) is 0 Å². The third-order valence-corrected chi connectivity index (χ3v) is 5.08.